The van der Waals surface area contributed by atoms with Gasteiger partial charge < -0.3 is 21.1 Å². The smallest absolute Gasteiger partial charge is 0.354 e. The van der Waals surface area contributed by atoms with Crippen LogP contribution >= 0.6 is 0 Å². The zero-order valence-corrected chi connectivity index (χ0v) is 13.1. The molecule has 0 spiro atoms. The lowest BCUT2D eigenvalue weighted by Crippen LogP contribution is -2.08. The first-order chi connectivity index (χ1) is 12.8. The summed E-state index contributed by atoms with van der Waals surface area (Å²) in [6, 6.07) is 2.10. The fourth-order valence-corrected chi connectivity index (χ4v) is 2.86. The van der Waals surface area contributed by atoms with Crippen LogP contribution in [0.5, 0.6) is 0 Å². The fraction of sp³-hybridized carbons (Fsp3) is 0. The lowest BCUT2D eigenvalue weighted by Gasteiger charge is -2.09. The molecule has 12 nitrogen and oxygen atoms in total. The number of aromatic carboxylic acids is 3. The molecule has 4 aromatic rings. The van der Waals surface area contributed by atoms with Crippen molar-refractivity contribution in [3.63, 3.8) is 0 Å². The third-order valence-corrected chi connectivity index (χ3v) is 3.93. The standard InChI is InChI=1S/C15H8N6O6/c16-15-19-9-4-2-6(14(26)27)17-8(4)7-3(12(22)23)1-5(13(24)25)18-10(7)11(9)20-21-15/h1-2,20H,(H2,16,21)(H,22,23)(H,24,25)(H,26,27). The number of aromatic nitrogens is 5. The molecule has 27 heavy (non-hydrogen) atoms. The molecule has 0 unspecified atom stereocenters. The zero-order chi connectivity index (χ0) is 19.5. The van der Waals surface area contributed by atoms with Crippen LogP contribution in [-0.2, 0) is 0 Å². The summed E-state index contributed by atoms with van der Waals surface area (Å²) < 4.78 is 0. The molecule has 0 bridgehead atoms. The largest absolute Gasteiger partial charge is 0.478 e. The molecule has 0 fully saturated rings. The van der Waals surface area contributed by atoms with Gasteiger partial charge in [-0.2, -0.15) is 0 Å². The number of carboxylic acids is 3. The summed E-state index contributed by atoms with van der Waals surface area (Å²) in [5.41, 5.74) is 4.49. The first-order valence-corrected chi connectivity index (χ1v) is 7.27. The number of carbonyl (C=O) groups is 3. The topological polar surface area (TPSA) is 205 Å². The molecule has 0 atom stereocenters. The maximum atomic E-state index is 11.7. The Morgan fingerprint density at radius 1 is 0.852 bits per heavy atom. The molecule has 0 aliphatic carbocycles. The molecule has 4 rings (SSSR count). The third-order valence-electron chi connectivity index (χ3n) is 3.93. The van der Waals surface area contributed by atoms with Crippen LogP contribution in [0.2, 0.25) is 0 Å². The maximum Gasteiger partial charge on any atom is 0.354 e. The van der Waals surface area contributed by atoms with E-state index in [0.717, 1.165) is 6.07 Å². The highest BCUT2D eigenvalue weighted by Gasteiger charge is 2.24. The molecule has 1 aromatic carbocycles. The molecule has 134 valence electrons. The van der Waals surface area contributed by atoms with Gasteiger partial charge in [0, 0.05) is 10.8 Å². The average Bonchev–Trinajstić information content (AvgIpc) is 3.06. The monoisotopic (exact) mass is 368 g/mol. The Kier molecular flexibility index (Phi) is 3.18. The van der Waals surface area contributed by atoms with Crippen molar-refractivity contribution in [2.75, 3.05) is 5.73 Å². The molecule has 0 aliphatic rings. The quantitative estimate of drug-likeness (QED) is 0.318. The van der Waals surface area contributed by atoms with Crippen molar-refractivity contribution in [3.8, 4) is 0 Å². The number of hydrogen-bond donors (Lipinski definition) is 5. The molecule has 0 radical (unpaired) electrons. The van der Waals surface area contributed by atoms with Gasteiger partial charge in [-0.15, -0.1) is 5.10 Å². The van der Waals surface area contributed by atoms with Gasteiger partial charge in [-0.1, -0.05) is 0 Å². The van der Waals surface area contributed by atoms with Gasteiger partial charge in [-0.05, 0) is 12.1 Å². The second-order valence-corrected chi connectivity index (χ2v) is 5.52. The second-order valence-electron chi connectivity index (χ2n) is 5.52. The molecule has 12 heteroatoms. The summed E-state index contributed by atoms with van der Waals surface area (Å²) in [6.07, 6.45) is 0. The minimum Gasteiger partial charge on any atom is -0.478 e. The van der Waals surface area contributed by atoms with E-state index in [4.69, 9.17) is 5.73 Å². The summed E-state index contributed by atoms with van der Waals surface area (Å²) in [4.78, 5) is 46.4. The van der Waals surface area contributed by atoms with Crippen molar-refractivity contribution >= 4 is 56.7 Å². The van der Waals surface area contributed by atoms with Crippen molar-refractivity contribution in [2.24, 2.45) is 0 Å². The Hall–Kier alpha value is -4.35. The van der Waals surface area contributed by atoms with Crippen LogP contribution in [0.4, 0.5) is 5.95 Å². The number of H-pyrrole nitrogens is 1. The van der Waals surface area contributed by atoms with Crippen molar-refractivity contribution in [2.45, 2.75) is 0 Å². The zero-order valence-electron chi connectivity index (χ0n) is 13.1. The highest BCUT2D eigenvalue weighted by molar-refractivity contribution is 6.26. The lowest BCUT2D eigenvalue weighted by atomic mass is 10.0. The van der Waals surface area contributed by atoms with Crippen LogP contribution in [0.15, 0.2) is 12.1 Å². The van der Waals surface area contributed by atoms with Gasteiger partial charge in [0.25, 0.3) is 0 Å². The molecule has 6 N–H and O–H groups in total. The lowest BCUT2D eigenvalue weighted by molar-refractivity contribution is 0.0678. The summed E-state index contributed by atoms with van der Waals surface area (Å²) in [7, 11) is 0. The third kappa shape index (κ3) is 2.27. The van der Waals surface area contributed by atoms with Gasteiger partial charge in [-0.3, -0.25) is 5.10 Å². The first kappa shape index (κ1) is 16.1. The van der Waals surface area contributed by atoms with E-state index in [-0.39, 0.29) is 44.5 Å². The number of nitrogens with one attached hydrogen (secondary N) is 1. The Morgan fingerprint density at radius 2 is 1.48 bits per heavy atom. The number of pyridine rings is 1. The van der Waals surface area contributed by atoms with E-state index in [1.807, 2.05) is 0 Å². The Labute approximate surface area is 147 Å². The summed E-state index contributed by atoms with van der Waals surface area (Å²) in [5, 5.41) is 34.5. The number of rotatable bonds is 3. The van der Waals surface area contributed by atoms with Gasteiger partial charge in [0.05, 0.1) is 11.1 Å². The molecule has 0 amide bonds. The molecule has 3 aromatic heterocycles. The van der Waals surface area contributed by atoms with E-state index in [1.165, 1.54) is 6.07 Å². The van der Waals surface area contributed by atoms with E-state index in [0.29, 0.717) is 0 Å². The molecule has 0 saturated heterocycles. The molecule has 0 aliphatic heterocycles. The maximum absolute atomic E-state index is 11.7. The average molecular weight is 368 g/mol. The summed E-state index contributed by atoms with van der Waals surface area (Å²) >= 11 is 0. The molecular formula is C15H8N6O6. The summed E-state index contributed by atoms with van der Waals surface area (Å²) in [6.45, 7) is 0. The van der Waals surface area contributed by atoms with Gasteiger partial charge in [0.15, 0.2) is 0 Å². The van der Waals surface area contributed by atoms with Gasteiger partial charge >= 0.3 is 17.9 Å². The SMILES string of the molecule is Nc1n[nH]c2c(n1)c1cc(C(=O)O)nc1c1c(C(=O)O)cc(C(=O)O)nc21. The number of benzene rings is 1. The Balaban J connectivity index is 2.36. The molecule has 0 saturated carbocycles. The highest BCUT2D eigenvalue weighted by Crippen LogP contribution is 2.34. The normalized spacial score (nSPS) is 11.3. The summed E-state index contributed by atoms with van der Waals surface area (Å²) in [5.74, 6) is -4.35. The number of hydrogen-bond acceptors (Lipinski definition) is 8. The van der Waals surface area contributed by atoms with Crippen LogP contribution in [-0.4, -0.2) is 58.4 Å². The molecule has 3 heterocycles. The van der Waals surface area contributed by atoms with Crippen LogP contribution in [0, 0.1) is 0 Å². The number of carboxylic acid groups (broad SMARTS) is 3. The van der Waals surface area contributed by atoms with Crippen LogP contribution in [0.1, 0.15) is 31.3 Å². The van der Waals surface area contributed by atoms with Crippen molar-refractivity contribution in [3.05, 3.63) is 29.1 Å². The highest BCUT2D eigenvalue weighted by atomic mass is 16.4. The number of nitrogen functional groups attached to an aromatic ring is 1. The van der Waals surface area contributed by atoms with Crippen LogP contribution in [0.3, 0.4) is 0 Å². The van der Waals surface area contributed by atoms with Gasteiger partial charge in [0.2, 0.25) is 5.95 Å². The van der Waals surface area contributed by atoms with E-state index >= 15 is 0 Å². The van der Waals surface area contributed by atoms with Crippen molar-refractivity contribution in [1.29, 1.82) is 0 Å². The van der Waals surface area contributed by atoms with Gasteiger partial charge in [0.1, 0.15) is 27.9 Å². The second kappa shape index (κ2) is 5.32. The van der Waals surface area contributed by atoms with E-state index in [9.17, 15) is 29.7 Å². The minimum absolute atomic E-state index is 0.00300. The number of nitrogens with two attached hydrogens (primary N) is 1. The molecular weight excluding hydrogens is 360 g/mol. The van der Waals surface area contributed by atoms with Crippen LogP contribution < -0.4 is 5.73 Å². The predicted octanol–water partition coefficient (Wildman–Crippen LogP) is 0.731. The van der Waals surface area contributed by atoms with Crippen molar-refractivity contribution < 1.29 is 29.7 Å². The Bertz CT molecular complexity index is 1330. The predicted molar refractivity (Wildman–Crippen MR) is 89.8 cm³/mol. The number of anilines is 1. The number of nitrogens with zero attached hydrogens (tertiary/aromatic N) is 4. The van der Waals surface area contributed by atoms with E-state index in [1.54, 1.807) is 0 Å². The minimum atomic E-state index is -1.44. The first-order valence-electron chi connectivity index (χ1n) is 7.27. The van der Waals surface area contributed by atoms with Gasteiger partial charge in [-0.25, -0.2) is 29.3 Å². The van der Waals surface area contributed by atoms with Crippen LogP contribution in [0.25, 0.3) is 32.8 Å². The van der Waals surface area contributed by atoms with E-state index < -0.39 is 29.2 Å². The fourth-order valence-electron chi connectivity index (χ4n) is 2.86. The Morgan fingerprint density at radius 3 is 2.11 bits per heavy atom. The van der Waals surface area contributed by atoms with E-state index in [2.05, 4.69) is 25.1 Å². The van der Waals surface area contributed by atoms with Crippen molar-refractivity contribution in [1.82, 2.24) is 25.1 Å². The number of fused-ring (bicyclic) bond motifs is 6. The number of aromatic amines is 1.